The second-order valence-electron chi connectivity index (χ2n) is 7.78. The van der Waals surface area contributed by atoms with E-state index in [9.17, 15) is 9.59 Å². The zero-order chi connectivity index (χ0) is 19.1. The first-order valence-electron chi connectivity index (χ1n) is 9.57. The molecule has 3 fully saturated rings. The summed E-state index contributed by atoms with van der Waals surface area (Å²) in [5.74, 6) is 0.00658. The molecule has 2 atom stereocenters. The molecule has 3 saturated heterocycles. The lowest BCUT2D eigenvalue weighted by atomic mass is 9.79. The first-order valence-corrected chi connectivity index (χ1v) is 10.4. The van der Waals surface area contributed by atoms with Gasteiger partial charge in [0.25, 0.3) is 5.91 Å². The van der Waals surface area contributed by atoms with Crippen molar-refractivity contribution >= 4 is 33.3 Å². The number of carbonyl (C=O) groups excluding carboxylic acids is 2. The van der Waals surface area contributed by atoms with E-state index in [1.165, 1.54) is 11.3 Å². The van der Waals surface area contributed by atoms with Gasteiger partial charge in [0.2, 0.25) is 0 Å². The number of aromatic nitrogens is 1. The average molecular weight is 388 g/mol. The van der Waals surface area contributed by atoms with Gasteiger partial charge in [-0.3, -0.25) is 9.69 Å². The van der Waals surface area contributed by atoms with Crippen molar-refractivity contribution in [3.8, 4) is 0 Å². The number of hydrogen-bond donors (Lipinski definition) is 1. The molecule has 0 radical (unpaired) electrons. The SMILES string of the molecule is CC(C)OC(=O)c1csc2cnc(C(=O)N[C@@H]3C4CCN(CC4)[C@H]3C)cc12. The van der Waals surface area contributed by atoms with Crippen LogP contribution in [0, 0.1) is 5.92 Å². The van der Waals surface area contributed by atoms with Gasteiger partial charge >= 0.3 is 5.97 Å². The lowest BCUT2D eigenvalue weighted by Gasteiger charge is -2.49. The van der Waals surface area contributed by atoms with Crippen LogP contribution in [0.1, 0.15) is 54.5 Å². The molecule has 0 spiro atoms. The molecule has 3 aliphatic rings. The lowest BCUT2D eigenvalue weighted by Crippen LogP contribution is -2.62. The fraction of sp³-hybridized carbons (Fsp3) is 0.550. The predicted octanol–water partition coefficient (Wildman–Crippen LogP) is 3.07. The van der Waals surface area contributed by atoms with Crippen molar-refractivity contribution in [2.75, 3.05) is 13.1 Å². The quantitative estimate of drug-likeness (QED) is 0.817. The number of ether oxygens (including phenoxy) is 1. The number of rotatable bonds is 4. The zero-order valence-corrected chi connectivity index (χ0v) is 16.7. The normalized spacial score (nSPS) is 27.1. The van der Waals surface area contributed by atoms with Crippen LogP contribution < -0.4 is 5.32 Å². The van der Waals surface area contributed by atoms with E-state index in [1.54, 1.807) is 17.6 Å². The number of carbonyl (C=O) groups is 2. The van der Waals surface area contributed by atoms with Crippen molar-refractivity contribution < 1.29 is 14.3 Å². The van der Waals surface area contributed by atoms with Gasteiger partial charge in [0.05, 0.1) is 16.4 Å². The van der Waals surface area contributed by atoms with Crippen molar-refractivity contribution in [3.05, 3.63) is 28.9 Å². The van der Waals surface area contributed by atoms with Crippen LogP contribution in [0.5, 0.6) is 0 Å². The van der Waals surface area contributed by atoms with Gasteiger partial charge in [-0.25, -0.2) is 9.78 Å². The maximum absolute atomic E-state index is 12.9. The Balaban J connectivity index is 1.56. The molecule has 2 bridgehead atoms. The van der Waals surface area contributed by atoms with Crippen molar-refractivity contribution in [3.63, 3.8) is 0 Å². The molecule has 0 unspecified atom stereocenters. The van der Waals surface area contributed by atoms with Gasteiger partial charge in [0.15, 0.2) is 0 Å². The summed E-state index contributed by atoms with van der Waals surface area (Å²) >= 11 is 1.43. The van der Waals surface area contributed by atoms with Gasteiger partial charge in [-0.2, -0.15) is 0 Å². The molecule has 27 heavy (non-hydrogen) atoms. The molecule has 0 aliphatic carbocycles. The van der Waals surface area contributed by atoms with E-state index in [4.69, 9.17) is 4.74 Å². The maximum Gasteiger partial charge on any atom is 0.339 e. The highest BCUT2D eigenvalue weighted by atomic mass is 32.1. The number of hydrogen-bond acceptors (Lipinski definition) is 6. The van der Waals surface area contributed by atoms with Crippen molar-refractivity contribution in [1.29, 1.82) is 0 Å². The fourth-order valence-electron chi connectivity index (χ4n) is 4.26. The summed E-state index contributed by atoms with van der Waals surface area (Å²) < 4.78 is 6.19. The molecule has 2 aromatic heterocycles. The smallest absolute Gasteiger partial charge is 0.339 e. The number of esters is 1. The summed E-state index contributed by atoms with van der Waals surface area (Å²) in [6.45, 7) is 8.08. The van der Waals surface area contributed by atoms with E-state index in [1.807, 2.05) is 13.8 Å². The molecular weight excluding hydrogens is 362 g/mol. The van der Waals surface area contributed by atoms with Gasteiger partial charge in [0, 0.05) is 29.0 Å². The number of thiophene rings is 1. The third kappa shape index (κ3) is 3.46. The highest BCUT2D eigenvalue weighted by Gasteiger charge is 2.40. The third-order valence-electron chi connectivity index (χ3n) is 5.73. The van der Waals surface area contributed by atoms with Crippen molar-refractivity contribution in [2.45, 2.75) is 51.8 Å². The Labute approximate surface area is 162 Å². The summed E-state index contributed by atoms with van der Waals surface area (Å²) in [6, 6.07) is 2.22. The van der Waals surface area contributed by atoms with E-state index in [0.29, 0.717) is 23.2 Å². The molecule has 5 rings (SSSR count). The van der Waals surface area contributed by atoms with Crippen molar-refractivity contribution in [2.24, 2.45) is 5.92 Å². The lowest BCUT2D eigenvalue weighted by molar-refractivity contribution is 0.0216. The topological polar surface area (TPSA) is 71.5 Å². The molecular formula is C20H25N3O3S. The number of pyridine rings is 1. The number of piperidine rings is 3. The fourth-order valence-corrected chi connectivity index (χ4v) is 5.14. The van der Waals surface area contributed by atoms with Crippen LogP contribution >= 0.6 is 11.3 Å². The highest BCUT2D eigenvalue weighted by Crippen LogP contribution is 2.32. The molecule has 6 nitrogen and oxygen atoms in total. The summed E-state index contributed by atoms with van der Waals surface area (Å²) in [5.41, 5.74) is 0.847. The first kappa shape index (κ1) is 18.4. The Morgan fingerprint density at radius 1 is 1.33 bits per heavy atom. The van der Waals surface area contributed by atoms with E-state index in [-0.39, 0.29) is 24.0 Å². The Morgan fingerprint density at radius 2 is 2.07 bits per heavy atom. The molecule has 7 heteroatoms. The van der Waals surface area contributed by atoms with Crippen LogP contribution in [0.2, 0.25) is 0 Å². The zero-order valence-electron chi connectivity index (χ0n) is 15.9. The largest absolute Gasteiger partial charge is 0.459 e. The molecule has 3 aliphatic heterocycles. The van der Waals surface area contributed by atoms with Gasteiger partial charge in [-0.1, -0.05) is 0 Å². The second kappa shape index (κ2) is 7.20. The molecule has 5 heterocycles. The predicted molar refractivity (Wildman–Crippen MR) is 105 cm³/mol. The van der Waals surface area contributed by atoms with E-state index in [0.717, 1.165) is 36.0 Å². The third-order valence-corrected chi connectivity index (χ3v) is 6.66. The van der Waals surface area contributed by atoms with Gasteiger partial charge in [0.1, 0.15) is 5.69 Å². The summed E-state index contributed by atoms with van der Waals surface area (Å²) in [4.78, 5) is 31.9. The summed E-state index contributed by atoms with van der Waals surface area (Å²) in [5, 5.41) is 5.70. The second-order valence-corrected chi connectivity index (χ2v) is 8.69. The number of nitrogens with one attached hydrogen (secondary N) is 1. The van der Waals surface area contributed by atoms with E-state index >= 15 is 0 Å². The minimum absolute atomic E-state index is 0.158. The molecule has 2 aromatic rings. The van der Waals surface area contributed by atoms with Gasteiger partial charge < -0.3 is 10.1 Å². The Bertz CT molecular complexity index is 868. The summed E-state index contributed by atoms with van der Waals surface area (Å²) in [7, 11) is 0. The molecule has 0 saturated carbocycles. The number of nitrogens with zero attached hydrogens (tertiary/aromatic N) is 2. The van der Waals surface area contributed by atoms with E-state index in [2.05, 4.69) is 22.1 Å². The number of amides is 1. The van der Waals surface area contributed by atoms with E-state index < -0.39 is 0 Å². The number of fused-ring (bicyclic) bond motifs is 4. The minimum atomic E-state index is -0.361. The van der Waals surface area contributed by atoms with Crippen molar-refractivity contribution in [1.82, 2.24) is 15.2 Å². The highest BCUT2D eigenvalue weighted by molar-refractivity contribution is 7.17. The Kier molecular flexibility index (Phi) is 4.90. The standard InChI is InChI=1S/C20H25N3O3S/c1-11(2)26-20(25)15-10-27-17-9-21-16(8-14(15)17)19(24)22-18-12(3)23-6-4-13(18)5-7-23/h8-13,18H,4-7H2,1-3H3,(H,22,24)/t12-,18-/m0/s1. The monoisotopic (exact) mass is 387 g/mol. The summed E-state index contributed by atoms with van der Waals surface area (Å²) in [6.07, 6.45) is 3.76. The molecule has 144 valence electrons. The Hall–Kier alpha value is -1.99. The average Bonchev–Trinajstić information content (AvgIpc) is 3.07. The Morgan fingerprint density at radius 3 is 2.74 bits per heavy atom. The van der Waals surface area contributed by atoms with Gasteiger partial charge in [-0.05, 0) is 58.7 Å². The first-order chi connectivity index (χ1) is 12.9. The van der Waals surface area contributed by atoms with Crippen LogP contribution in [0.25, 0.3) is 10.1 Å². The van der Waals surface area contributed by atoms with Crippen LogP contribution in [0.4, 0.5) is 0 Å². The minimum Gasteiger partial charge on any atom is -0.459 e. The molecule has 1 N–H and O–H groups in total. The van der Waals surface area contributed by atoms with Crippen LogP contribution in [-0.2, 0) is 4.74 Å². The van der Waals surface area contributed by atoms with Crippen LogP contribution in [0.15, 0.2) is 17.6 Å². The maximum atomic E-state index is 12.9. The van der Waals surface area contributed by atoms with Crippen LogP contribution in [-0.4, -0.2) is 53.0 Å². The molecule has 1 amide bonds. The van der Waals surface area contributed by atoms with Gasteiger partial charge in [-0.15, -0.1) is 11.3 Å². The molecule has 0 aromatic carbocycles. The van der Waals surface area contributed by atoms with Crippen LogP contribution in [0.3, 0.4) is 0 Å².